The van der Waals surface area contributed by atoms with Crippen LogP contribution in [0.25, 0.3) is 0 Å². The summed E-state index contributed by atoms with van der Waals surface area (Å²) in [5, 5.41) is 0. The van der Waals surface area contributed by atoms with Crippen molar-refractivity contribution in [2.45, 2.75) is 50.2 Å². The standard InChI is InChI=1S/C17H23NO2/c1-18-10-9-17-8-4-3-5-14(17)20-16-13(19-2)7-6-12(11-18)15(16)17/h6-7,14H,3-5,8-11H2,1-2H3. The van der Waals surface area contributed by atoms with E-state index in [0.717, 1.165) is 24.6 Å². The third-order valence-electron chi connectivity index (χ3n) is 5.52. The van der Waals surface area contributed by atoms with Crippen LogP contribution in [0, 0.1) is 0 Å². The fourth-order valence-electron chi connectivity index (χ4n) is 4.54. The Labute approximate surface area is 120 Å². The van der Waals surface area contributed by atoms with Crippen molar-refractivity contribution in [1.82, 2.24) is 4.90 Å². The number of benzene rings is 1. The van der Waals surface area contributed by atoms with Gasteiger partial charge in [-0.3, -0.25) is 0 Å². The first-order chi connectivity index (χ1) is 9.74. The van der Waals surface area contributed by atoms with Gasteiger partial charge in [0.2, 0.25) is 0 Å². The SMILES string of the molecule is COc1ccc2c3c1OC1CCCCC31CCN(C)C2. The van der Waals surface area contributed by atoms with Crippen molar-refractivity contribution in [2.75, 3.05) is 20.7 Å². The Bertz CT molecular complexity index is 542. The van der Waals surface area contributed by atoms with Gasteiger partial charge in [-0.1, -0.05) is 12.5 Å². The lowest BCUT2D eigenvalue weighted by Crippen LogP contribution is -2.42. The molecule has 0 radical (unpaired) electrons. The van der Waals surface area contributed by atoms with Crippen LogP contribution in [0.2, 0.25) is 0 Å². The van der Waals surface area contributed by atoms with Crippen LogP contribution >= 0.6 is 0 Å². The van der Waals surface area contributed by atoms with Crippen molar-refractivity contribution in [2.24, 2.45) is 0 Å². The number of methoxy groups -OCH3 is 1. The van der Waals surface area contributed by atoms with Crippen LogP contribution < -0.4 is 9.47 Å². The second-order valence-electron chi connectivity index (χ2n) is 6.63. The molecule has 0 amide bonds. The second kappa shape index (κ2) is 4.39. The normalized spacial score (nSPS) is 32.0. The summed E-state index contributed by atoms with van der Waals surface area (Å²) in [5.41, 5.74) is 3.18. The van der Waals surface area contributed by atoms with E-state index in [9.17, 15) is 0 Å². The van der Waals surface area contributed by atoms with E-state index < -0.39 is 0 Å². The van der Waals surface area contributed by atoms with Gasteiger partial charge in [0.25, 0.3) is 0 Å². The smallest absolute Gasteiger partial charge is 0.165 e. The summed E-state index contributed by atoms with van der Waals surface area (Å²) in [5.74, 6) is 1.97. The molecule has 20 heavy (non-hydrogen) atoms. The number of ether oxygens (including phenoxy) is 2. The fourth-order valence-corrected chi connectivity index (χ4v) is 4.54. The first-order valence-electron chi connectivity index (χ1n) is 7.80. The summed E-state index contributed by atoms with van der Waals surface area (Å²) >= 11 is 0. The summed E-state index contributed by atoms with van der Waals surface area (Å²) < 4.78 is 12.0. The molecule has 0 bridgehead atoms. The van der Waals surface area contributed by atoms with Crippen LogP contribution in [0.4, 0.5) is 0 Å². The number of nitrogens with zero attached hydrogens (tertiary/aromatic N) is 1. The fraction of sp³-hybridized carbons (Fsp3) is 0.647. The van der Waals surface area contributed by atoms with Gasteiger partial charge >= 0.3 is 0 Å². The minimum absolute atomic E-state index is 0.252. The van der Waals surface area contributed by atoms with Crippen molar-refractivity contribution in [3.63, 3.8) is 0 Å². The highest BCUT2D eigenvalue weighted by atomic mass is 16.5. The highest BCUT2D eigenvalue weighted by Crippen LogP contribution is 2.57. The molecule has 2 atom stereocenters. The molecule has 0 N–H and O–H groups in total. The van der Waals surface area contributed by atoms with E-state index in [2.05, 4.69) is 24.1 Å². The highest BCUT2D eigenvalue weighted by Gasteiger charge is 2.52. The number of hydrogen-bond acceptors (Lipinski definition) is 3. The molecular formula is C17H23NO2. The van der Waals surface area contributed by atoms with E-state index in [4.69, 9.17) is 9.47 Å². The monoisotopic (exact) mass is 273 g/mol. The third kappa shape index (κ3) is 1.56. The highest BCUT2D eigenvalue weighted by molar-refractivity contribution is 5.58. The molecule has 0 saturated heterocycles. The molecule has 0 aromatic heterocycles. The Balaban J connectivity index is 1.94. The van der Waals surface area contributed by atoms with Crippen LogP contribution in [0.5, 0.6) is 11.5 Å². The Morgan fingerprint density at radius 3 is 3.05 bits per heavy atom. The molecular weight excluding hydrogens is 250 g/mol. The van der Waals surface area contributed by atoms with E-state index in [1.165, 1.54) is 43.2 Å². The van der Waals surface area contributed by atoms with Crippen molar-refractivity contribution in [3.05, 3.63) is 23.3 Å². The molecule has 1 aromatic rings. The van der Waals surface area contributed by atoms with Gasteiger partial charge < -0.3 is 14.4 Å². The van der Waals surface area contributed by atoms with Gasteiger partial charge in [0.05, 0.1) is 7.11 Å². The van der Waals surface area contributed by atoms with E-state index in [0.29, 0.717) is 6.10 Å². The van der Waals surface area contributed by atoms with Crippen molar-refractivity contribution < 1.29 is 9.47 Å². The molecule has 3 aliphatic rings. The Morgan fingerprint density at radius 1 is 1.30 bits per heavy atom. The van der Waals surface area contributed by atoms with E-state index in [1.54, 1.807) is 7.11 Å². The second-order valence-corrected chi connectivity index (χ2v) is 6.63. The van der Waals surface area contributed by atoms with Crippen LogP contribution in [0.15, 0.2) is 12.1 Å². The molecule has 1 spiro atoms. The first kappa shape index (κ1) is 12.5. The average molecular weight is 273 g/mol. The van der Waals surface area contributed by atoms with Gasteiger partial charge in [-0.05, 0) is 50.9 Å². The Kier molecular flexibility index (Phi) is 2.75. The quantitative estimate of drug-likeness (QED) is 0.785. The molecule has 2 unspecified atom stereocenters. The Hall–Kier alpha value is -1.22. The van der Waals surface area contributed by atoms with Crippen LogP contribution in [-0.2, 0) is 12.0 Å². The minimum atomic E-state index is 0.252. The Morgan fingerprint density at radius 2 is 2.20 bits per heavy atom. The molecule has 2 heterocycles. The predicted octanol–water partition coefficient (Wildman–Crippen LogP) is 3.10. The molecule has 1 aromatic carbocycles. The van der Waals surface area contributed by atoms with E-state index in [1.807, 2.05) is 0 Å². The average Bonchev–Trinajstić information content (AvgIpc) is 2.74. The maximum Gasteiger partial charge on any atom is 0.165 e. The van der Waals surface area contributed by atoms with Gasteiger partial charge in [-0.15, -0.1) is 0 Å². The molecule has 3 nitrogen and oxygen atoms in total. The van der Waals surface area contributed by atoms with Crippen molar-refractivity contribution in [1.29, 1.82) is 0 Å². The molecule has 3 heteroatoms. The lowest BCUT2D eigenvalue weighted by molar-refractivity contribution is 0.0869. The van der Waals surface area contributed by atoms with Crippen LogP contribution in [0.3, 0.4) is 0 Å². The zero-order chi connectivity index (χ0) is 13.7. The van der Waals surface area contributed by atoms with Gasteiger partial charge in [0, 0.05) is 17.5 Å². The maximum atomic E-state index is 6.40. The summed E-state index contributed by atoms with van der Waals surface area (Å²) in [6.07, 6.45) is 6.70. The lowest BCUT2D eigenvalue weighted by atomic mass is 9.66. The van der Waals surface area contributed by atoms with Gasteiger partial charge in [-0.25, -0.2) is 0 Å². The maximum absolute atomic E-state index is 6.40. The summed E-state index contributed by atoms with van der Waals surface area (Å²) in [6, 6.07) is 4.33. The largest absolute Gasteiger partial charge is 0.493 e. The van der Waals surface area contributed by atoms with Crippen molar-refractivity contribution >= 4 is 0 Å². The van der Waals surface area contributed by atoms with Gasteiger partial charge in [0.1, 0.15) is 6.10 Å². The van der Waals surface area contributed by atoms with Gasteiger partial charge in [0.15, 0.2) is 11.5 Å². The molecule has 2 aliphatic heterocycles. The molecule has 1 fully saturated rings. The van der Waals surface area contributed by atoms with E-state index in [-0.39, 0.29) is 5.41 Å². The molecule has 4 rings (SSSR count). The summed E-state index contributed by atoms with van der Waals surface area (Å²) in [7, 11) is 3.98. The number of hydrogen-bond donors (Lipinski definition) is 0. The molecule has 1 aliphatic carbocycles. The zero-order valence-electron chi connectivity index (χ0n) is 12.4. The summed E-state index contributed by atoms with van der Waals surface area (Å²) in [6.45, 7) is 2.19. The third-order valence-corrected chi connectivity index (χ3v) is 5.52. The number of rotatable bonds is 1. The summed E-state index contributed by atoms with van der Waals surface area (Å²) in [4.78, 5) is 2.45. The molecule has 1 saturated carbocycles. The predicted molar refractivity (Wildman–Crippen MR) is 78.5 cm³/mol. The minimum Gasteiger partial charge on any atom is -0.493 e. The van der Waals surface area contributed by atoms with Gasteiger partial charge in [-0.2, -0.15) is 0 Å². The molecule has 108 valence electrons. The zero-order valence-corrected chi connectivity index (χ0v) is 12.4. The van der Waals surface area contributed by atoms with E-state index >= 15 is 0 Å². The lowest BCUT2D eigenvalue weighted by Gasteiger charge is -2.38. The van der Waals surface area contributed by atoms with Crippen LogP contribution in [-0.4, -0.2) is 31.7 Å². The first-order valence-corrected chi connectivity index (χ1v) is 7.80. The topological polar surface area (TPSA) is 21.7 Å². The van der Waals surface area contributed by atoms with Crippen LogP contribution in [0.1, 0.15) is 43.2 Å². The van der Waals surface area contributed by atoms with Crippen molar-refractivity contribution in [3.8, 4) is 11.5 Å².